The summed E-state index contributed by atoms with van der Waals surface area (Å²) in [5.41, 5.74) is 1.00. The van der Waals surface area contributed by atoms with E-state index in [1.807, 2.05) is 11.9 Å². The smallest absolute Gasteiger partial charge is 0.332 e. The van der Waals surface area contributed by atoms with E-state index >= 15 is 0 Å². The molecule has 0 aliphatic heterocycles. The monoisotopic (exact) mass is 475 g/mol. The van der Waals surface area contributed by atoms with E-state index in [0.717, 1.165) is 0 Å². The first-order chi connectivity index (χ1) is 15.4. The Kier molecular flexibility index (Phi) is 8.10. The molecule has 0 bridgehead atoms. The predicted octanol–water partition coefficient (Wildman–Crippen LogP) is 5.24. The maximum atomic E-state index is 13.4. The van der Waals surface area contributed by atoms with E-state index < -0.39 is 6.03 Å². The van der Waals surface area contributed by atoms with Crippen molar-refractivity contribution >= 4 is 52.4 Å². The zero-order valence-electron chi connectivity index (χ0n) is 17.9. The van der Waals surface area contributed by atoms with Crippen molar-refractivity contribution in [3.05, 3.63) is 64.8 Å². The highest BCUT2D eigenvalue weighted by Crippen LogP contribution is 2.30. The van der Waals surface area contributed by atoms with Crippen LogP contribution in [-0.4, -0.2) is 50.4 Å². The van der Waals surface area contributed by atoms with Gasteiger partial charge in [-0.25, -0.2) is 14.7 Å². The van der Waals surface area contributed by atoms with Crippen molar-refractivity contribution in [2.24, 2.45) is 0 Å². The average molecular weight is 476 g/mol. The van der Waals surface area contributed by atoms with E-state index in [2.05, 4.69) is 15.3 Å². The molecule has 0 aliphatic carbocycles. The van der Waals surface area contributed by atoms with Crippen LogP contribution < -0.4 is 19.9 Å². The summed E-state index contributed by atoms with van der Waals surface area (Å²) in [5, 5.41) is 3.61. The molecule has 0 fully saturated rings. The minimum Gasteiger partial charge on any atom is -0.497 e. The number of nitrogens with zero attached hydrogens (tertiary/aromatic N) is 4. The molecule has 0 radical (unpaired) electrons. The van der Waals surface area contributed by atoms with Crippen molar-refractivity contribution in [3.63, 3.8) is 0 Å². The van der Waals surface area contributed by atoms with Crippen molar-refractivity contribution in [3.8, 4) is 5.75 Å². The summed E-state index contributed by atoms with van der Waals surface area (Å²) in [6, 6.07) is 13.1. The lowest BCUT2D eigenvalue weighted by Gasteiger charge is -2.24. The van der Waals surface area contributed by atoms with Crippen LogP contribution in [-0.2, 0) is 4.74 Å². The van der Waals surface area contributed by atoms with Gasteiger partial charge in [0.25, 0.3) is 0 Å². The molecule has 32 heavy (non-hydrogen) atoms. The van der Waals surface area contributed by atoms with Gasteiger partial charge in [-0.15, -0.1) is 0 Å². The summed E-state index contributed by atoms with van der Waals surface area (Å²) in [4.78, 5) is 25.5. The normalized spacial score (nSPS) is 10.5. The number of nitrogens with one attached hydrogen (secondary N) is 1. The van der Waals surface area contributed by atoms with Crippen LogP contribution in [0.1, 0.15) is 0 Å². The summed E-state index contributed by atoms with van der Waals surface area (Å²) >= 11 is 12.2. The number of carbonyl (C=O) groups is 1. The summed E-state index contributed by atoms with van der Waals surface area (Å²) in [6.07, 6.45) is 1.60. The Labute approximate surface area is 196 Å². The van der Waals surface area contributed by atoms with Gasteiger partial charge < -0.3 is 19.7 Å². The molecule has 3 aromatic rings. The second-order valence-corrected chi connectivity index (χ2v) is 7.56. The summed E-state index contributed by atoms with van der Waals surface area (Å²) in [6.45, 7) is 1.11. The van der Waals surface area contributed by atoms with Crippen LogP contribution in [0.4, 0.5) is 27.9 Å². The first-order valence-electron chi connectivity index (χ1n) is 9.66. The molecule has 0 atom stereocenters. The fourth-order valence-electron chi connectivity index (χ4n) is 2.82. The molecule has 10 heteroatoms. The third kappa shape index (κ3) is 5.79. The Morgan fingerprint density at radius 1 is 1.09 bits per heavy atom. The van der Waals surface area contributed by atoms with Crippen molar-refractivity contribution in [2.45, 2.75) is 0 Å². The molecule has 0 unspecified atom stereocenters. The number of carbonyl (C=O) groups excluding carboxylic acids is 1. The number of likely N-dealkylation sites (N-methyl/N-ethyl adjacent to an activating group) is 1. The number of methoxy groups -OCH3 is 2. The van der Waals surface area contributed by atoms with Gasteiger partial charge >= 0.3 is 6.03 Å². The fourth-order valence-corrected chi connectivity index (χ4v) is 3.28. The van der Waals surface area contributed by atoms with E-state index in [1.165, 1.54) is 4.90 Å². The number of urea groups is 1. The molecule has 1 heterocycles. The van der Waals surface area contributed by atoms with Crippen LogP contribution in [0, 0.1) is 0 Å². The van der Waals surface area contributed by atoms with Gasteiger partial charge in [-0.3, -0.25) is 0 Å². The molecule has 0 aliphatic rings. The van der Waals surface area contributed by atoms with Crippen LogP contribution in [0.5, 0.6) is 5.75 Å². The molecule has 0 spiro atoms. The average Bonchev–Trinajstić information content (AvgIpc) is 2.80. The van der Waals surface area contributed by atoms with Gasteiger partial charge in [0.2, 0.25) is 5.95 Å². The number of ether oxygens (including phenoxy) is 2. The molecule has 3 rings (SSSR count). The van der Waals surface area contributed by atoms with Crippen molar-refractivity contribution in [1.82, 2.24) is 9.97 Å². The number of hydrogen-bond acceptors (Lipinski definition) is 6. The Hall–Kier alpha value is -3.07. The van der Waals surface area contributed by atoms with Crippen molar-refractivity contribution in [1.29, 1.82) is 0 Å². The molecule has 0 saturated heterocycles. The number of amides is 2. The Morgan fingerprint density at radius 3 is 2.50 bits per heavy atom. The zero-order valence-corrected chi connectivity index (χ0v) is 19.4. The fraction of sp³-hybridized carbons (Fsp3) is 0.227. The molecular formula is C22H23Cl2N5O3. The minimum atomic E-state index is -0.455. The van der Waals surface area contributed by atoms with Crippen molar-refractivity contribution < 1.29 is 14.3 Å². The molecule has 2 aromatic carbocycles. The Morgan fingerprint density at radius 2 is 1.84 bits per heavy atom. The first-order valence-corrected chi connectivity index (χ1v) is 10.4. The SMILES string of the molecule is COCCN(C)c1nccc(N(C(=O)Nc2ccc(Cl)cc2Cl)c2ccc(OC)cc2)n1. The minimum absolute atomic E-state index is 0.322. The summed E-state index contributed by atoms with van der Waals surface area (Å²) in [5.74, 6) is 1.50. The summed E-state index contributed by atoms with van der Waals surface area (Å²) in [7, 11) is 5.06. The van der Waals surface area contributed by atoms with Gasteiger partial charge in [-0.1, -0.05) is 23.2 Å². The number of aromatic nitrogens is 2. The second kappa shape index (κ2) is 11.0. The Bertz CT molecular complexity index is 1070. The maximum Gasteiger partial charge on any atom is 0.332 e. The molecule has 1 N–H and O–H groups in total. The van der Waals surface area contributed by atoms with E-state index in [-0.39, 0.29) is 0 Å². The van der Waals surface area contributed by atoms with E-state index in [1.54, 1.807) is 68.9 Å². The quantitative estimate of drug-likeness (QED) is 0.479. The van der Waals surface area contributed by atoms with Gasteiger partial charge in [0, 0.05) is 38.0 Å². The molecule has 168 valence electrons. The highest BCUT2D eigenvalue weighted by molar-refractivity contribution is 6.36. The highest BCUT2D eigenvalue weighted by Gasteiger charge is 2.22. The lowest BCUT2D eigenvalue weighted by atomic mass is 10.2. The third-order valence-corrected chi connectivity index (χ3v) is 5.08. The lowest BCUT2D eigenvalue weighted by molar-refractivity contribution is 0.206. The number of benzene rings is 2. The predicted molar refractivity (Wildman–Crippen MR) is 128 cm³/mol. The Balaban J connectivity index is 1.98. The number of anilines is 4. The number of halogens is 2. The molecule has 8 nitrogen and oxygen atoms in total. The van der Waals surface area contributed by atoms with Gasteiger partial charge in [-0.2, -0.15) is 4.98 Å². The largest absolute Gasteiger partial charge is 0.497 e. The van der Waals surface area contributed by atoms with Crippen LogP contribution in [0.15, 0.2) is 54.7 Å². The van der Waals surface area contributed by atoms with Crippen LogP contribution in [0.25, 0.3) is 0 Å². The van der Waals surface area contributed by atoms with E-state index in [9.17, 15) is 4.79 Å². The van der Waals surface area contributed by atoms with Gasteiger partial charge in [0.1, 0.15) is 11.6 Å². The maximum absolute atomic E-state index is 13.4. The molecule has 1 aromatic heterocycles. The third-order valence-electron chi connectivity index (χ3n) is 4.54. The molecular weight excluding hydrogens is 453 g/mol. The lowest BCUT2D eigenvalue weighted by Crippen LogP contribution is -2.32. The van der Waals surface area contributed by atoms with Crippen LogP contribution >= 0.6 is 23.2 Å². The van der Waals surface area contributed by atoms with Crippen molar-refractivity contribution in [2.75, 3.05) is 49.5 Å². The zero-order chi connectivity index (χ0) is 23.1. The second-order valence-electron chi connectivity index (χ2n) is 6.72. The van der Waals surface area contributed by atoms with E-state index in [4.69, 9.17) is 32.7 Å². The molecule has 0 saturated carbocycles. The number of rotatable bonds is 8. The van der Waals surface area contributed by atoms with Gasteiger partial charge in [0.15, 0.2) is 0 Å². The first kappa shape index (κ1) is 23.6. The summed E-state index contributed by atoms with van der Waals surface area (Å²) < 4.78 is 10.4. The topological polar surface area (TPSA) is 79.8 Å². The standard InChI is InChI=1S/C22H23Cl2N5O3/c1-28(12-13-31-2)21-25-11-10-20(27-21)29(16-5-7-17(32-3)8-6-16)22(30)26-19-9-4-15(23)14-18(19)24/h4-11,14H,12-13H2,1-3H3,(H,26,30). The number of hydrogen-bond donors (Lipinski definition) is 1. The van der Waals surface area contributed by atoms with Crippen LogP contribution in [0.2, 0.25) is 10.0 Å². The van der Waals surface area contributed by atoms with Gasteiger partial charge in [-0.05, 0) is 42.5 Å². The van der Waals surface area contributed by atoms with E-state index in [0.29, 0.717) is 52.1 Å². The van der Waals surface area contributed by atoms with Crippen LogP contribution in [0.3, 0.4) is 0 Å². The molecule has 2 amide bonds. The highest BCUT2D eigenvalue weighted by atomic mass is 35.5. The van der Waals surface area contributed by atoms with Gasteiger partial charge in [0.05, 0.1) is 30.1 Å².